The van der Waals surface area contributed by atoms with E-state index in [-0.39, 0.29) is 6.04 Å². The Labute approximate surface area is 205 Å². The number of halogens is 3. The van der Waals surface area contributed by atoms with Gasteiger partial charge in [-0.1, -0.05) is 18.2 Å². The summed E-state index contributed by atoms with van der Waals surface area (Å²) in [4.78, 5) is 21.7. The molecule has 8 nitrogen and oxygen atoms in total. The SMILES string of the molecule is CS(=O)(=O)Nc1cccc(NC(=O)N2c3nc(-c4cccc(C(F)(F)F)c4)ccc3N3CC[C@H]2C3)c1. The van der Waals surface area contributed by atoms with Crippen molar-refractivity contribution in [2.75, 3.05) is 39.2 Å². The summed E-state index contributed by atoms with van der Waals surface area (Å²) in [6.45, 7) is 1.33. The first-order valence-electron chi connectivity index (χ1n) is 11.1. The summed E-state index contributed by atoms with van der Waals surface area (Å²) in [5.41, 5.74) is 1.23. The Balaban J connectivity index is 1.48. The van der Waals surface area contributed by atoms with Gasteiger partial charge >= 0.3 is 12.2 Å². The molecule has 12 heteroatoms. The van der Waals surface area contributed by atoms with E-state index in [1.807, 2.05) is 0 Å². The molecule has 2 aliphatic heterocycles. The van der Waals surface area contributed by atoms with Gasteiger partial charge in [-0.15, -0.1) is 0 Å². The number of carbonyl (C=O) groups excluding carboxylic acids is 1. The van der Waals surface area contributed by atoms with Crippen molar-refractivity contribution in [3.63, 3.8) is 0 Å². The summed E-state index contributed by atoms with van der Waals surface area (Å²) in [6.07, 6.45) is -2.75. The Kier molecular flexibility index (Phi) is 5.78. The molecule has 2 aliphatic rings. The van der Waals surface area contributed by atoms with Gasteiger partial charge in [-0.2, -0.15) is 13.2 Å². The molecule has 36 heavy (non-hydrogen) atoms. The summed E-state index contributed by atoms with van der Waals surface area (Å²) in [5, 5.41) is 2.79. The lowest BCUT2D eigenvalue weighted by Gasteiger charge is -2.36. The highest BCUT2D eigenvalue weighted by Crippen LogP contribution is 2.41. The molecule has 188 valence electrons. The first-order chi connectivity index (χ1) is 17.0. The van der Waals surface area contributed by atoms with Crippen LogP contribution in [0.15, 0.2) is 60.7 Å². The minimum absolute atomic E-state index is 0.168. The number of nitrogens with zero attached hydrogens (tertiary/aromatic N) is 3. The van der Waals surface area contributed by atoms with Crippen LogP contribution in [0.4, 0.5) is 40.8 Å². The second kappa shape index (κ2) is 8.70. The van der Waals surface area contributed by atoms with Crippen LogP contribution >= 0.6 is 0 Å². The number of anilines is 4. The van der Waals surface area contributed by atoms with Crippen LogP contribution in [0.25, 0.3) is 11.3 Å². The zero-order chi connectivity index (χ0) is 25.7. The number of pyridine rings is 1. The summed E-state index contributed by atoms with van der Waals surface area (Å²) in [6, 6.07) is 14.0. The minimum atomic E-state index is -4.48. The molecule has 2 aromatic carbocycles. The molecular formula is C24H22F3N5O3S. The summed E-state index contributed by atoms with van der Waals surface area (Å²) in [5.74, 6) is 0.363. The van der Waals surface area contributed by atoms with Crippen LogP contribution in [0.2, 0.25) is 0 Å². The Bertz CT molecular complexity index is 1440. The lowest BCUT2D eigenvalue weighted by Crippen LogP contribution is -2.48. The van der Waals surface area contributed by atoms with Gasteiger partial charge in [0.05, 0.1) is 34.9 Å². The Hall–Kier alpha value is -3.80. The number of sulfonamides is 1. The third-order valence-corrected chi connectivity index (χ3v) is 6.68. The fourth-order valence-corrected chi connectivity index (χ4v) is 5.10. The van der Waals surface area contributed by atoms with Crippen molar-refractivity contribution in [3.8, 4) is 11.3 Å². The van der Waals surface area contributed by atoms with Gasteiger partial charge in [0.25, 0.3) is 0 Å². The van der Waals surface area contributed by atoms with E-state index in [1.54, 1.807) is 36.4 Å². The third-order valence-electron chi connectivity index (χ3n) is 6.07. The third kappa shape index (κ3) is 4.81. The van der Waals surface area contributed by atoms with E-state index in [2.05, 4.69) is 19.9 Å². The van der Waals surface area contributed by atoms with Gasteiger partial charge in [-0.25, -0.2) is 18.2 Å². The van der Waals surface area contributed by atoms with E-state index in [4.69, 9.17) is 0 Å². The van der Waals surface area contributed by atoms with Crippen molar-refractivity contribution < 1.29 is 26.4 Å². The van der Waals surface area contributed by atoms with Gasteiger partial charge in [0, 0.05) is 24.3 Å². The van der Waals surface area contributed by atoms with Crippen LogP contribution in [0.5, 0.6) is 0 Å². The normalized spacial score (nSPS) is 17.1. The maximum atomic E-state index is 13.4. The fraction of sp³-hybridized carbons (Fsp3) is 0.250. The van der Waals surface area contributed by atoms with Crippen LogP contribution in [-0.2, 0) is 16.2 Å². The molecule has 2 N–H and O–H groups in total. The number of rotatable bonds is 4. The highest BCUT2D eigenvalue weighted by atomic mass is 32.2. The molecule has 5 rings (SSSR count). The number of alkyl halides is 3. The second-order valence-corrected chi connectivity index (χ2v) is 10.5. The monoisotopic (exact) mass is 517 g/mol. The molecule has 0 spiro atoms. The number of hydrogen-bond donors (Lipinski definition) is 2. The van der Waals surface area contributed by atoms with E-state index in [0.29, 0.717) is 41.4 Å². The van der Waals surface area contributed by atoms with E-state index >= 15 is 0 Å². The van der Waals surface area contributed by atoms with Crippen LogP contribution in [0.1, 0.15) is 12.0 Å². The van der Waals surface area contributed by atoms with Gasteiger partial charge in [-0.05, 0) is 48.9 Å². The number of amides is 2. The Morgan fingerprint density at radius 3 is 2.56 bits per heavy atom. The van der Waals surface area contributed by atoms with Crippen molar-refractivity contribution in [1.29, 1.82) is 0 Å². The van der Waals surface area contributed by atoms with Gasteiger partial charge in [0.1, 0.15) is 0 Å². The predicted octanol–water partition coefficient (Wildman–Crippen LogP) is 4.77. The fourth-order valence-electron chi connectivity index (χ4n) is 4.55. The van der Waals surface area contributed by atoms with Crippen LogP contribution in [-0.4, -0.2) is 44.8 Å². The predicted molar refractivity (Wildman–Crippen MR) is 132 cm³/mol. The molecule has 2 amide bonds. The minimum Gasteiger partial charge on any atom is -0.366 e. The molecule has 3 heterocycles. The highest BCUT2D eigenvalue weighted by Gasteiger charge is 2.40. The molecule has 1 saturated heterocycles. The molecule has 0 radical (unpaired) electrons. The summed E-state index contributed by atoms with van der Waals surface area (Å²) < 4.78 is 65.2. The van der Waals surface area contributed by atoms with Crippen molar-refractivity contribution in [2.24, 2.45) is 0 Å². The molecule has 0 aliphatic carbocycles. The number of nitrogens with one attached hydrogen (secondary N) is 2. The van der Waals surface area contributed by atoms with Crippen molar-refractivity contribution in [2.45, 2.75) is 18.6 Å². The number of hydrogen-bond acceptors (Lipinski definition) is 5. The first kappa shape index (κ1) is 23.9. The Morgan fingerprint density at radius 1 is 1.06 bits per heavy atom. The van der Waals surface area contributed by atoms with E-state index < -0.39 is 27.8 Å². The molecule has 2 bridgehead atoms. The van der Waals surface area contributed by atoms with Gasteiger partial charge < -0.3 is 10.2 Å². The van der Waals surface area contributed by atoms with Crippen molar-refractivity contribution >= 4 is 38.9 Å². The number of aromatic nitrogens is 1. The molecule has 0 unspecified atom stereocenters. The molecule has 1 fully saturated rings. The standard InChI is InChI=1S/C24H22F3N5O3S/c1-36(34,35)30-18-7-3-6-17(13-18)28-23(33)32-19-10-11-31(14-19)21-9-8-20(29-22(21)32)15-4-2-5-16(12-15)24(25,26)27/h2-9,12-13,19,30H,10-11,14H2,1H3,(H,28,33)/t19-/m0/s1. The zero-order valence-corrected chi connectivity index (χ0v) is 19.9. The smallest absolute Gasteiger partial charge is 0.366 e. The lowest BCUT2D eigenvalue weighted by molar-refractivity contribution is -0.137. The van der Waals surface area contributed by atoms with Crippen LogP contribution < -0.4 is 19.8 Å². The average Bonchev–Trinajstić information content (AvgIpc) is 3.21. The number of carbonyl (C=O) groups is 1. The van der Waals surface area contributed by atoms with Crippen LogP contribution in [0.3, 0.4) is 0 Å². The van der Waals surface area contributed by atoms with E-state index in [0.717, 1.165) is 30.6 Å². The van der Waals surface area contributed by atoms with Gasteiger partial charge in [-0.3, -0.25) is 9.62 Å². The number of urea groups is 1. The number of benzene rings is 2. The molecule has 0 saturated carbocycles. The highest BCUT2D eigenvalue weighted by molar-refractivity contribution is 7.92. The largest absolute Gasteiger partial charge is 0.416 e. The van der Waals surface area contributed by atoms with E-state index in [1.165, 1.54) is 17.0 Å². The molecular weight excluding hydrogens is 495 g/mol. The average molecular weight is 518 g/mol. The maximum absolute atomic E-state index is 13.4. The van der Waals surface area contributed by atoms with Crippen LogP contribution in [0, 0.1) is 0 Å². The van der Waals surface area contributed by atoms with Crippen molar-refractivity contribution in [1.82, 2.24) is 4.98 Å². The second-order valence-electron chi connectivity index (χ2n) is 8.76. The zero-order valence-electron chi connectivity index (χ0n) is 19.1. The first-order valence-corrected chi connectivity index (χ1v) is 13.0. The Morgan fingerprint density at radius 2 is 1.81 bits per heavy atom. The maximum Gasteiger partial charge on any atom is 0.416 e. The van der Waals surface area contributed by atoms with Gasteiger partial charge in [0.2, 0.25) is 10.0 Å². The summed E-state index contributed by atoms with van der Waals surface area (Å²) >= 11 is 0. The molecule has 3 aromatic rings. The van der Waals surface area contributed by atoms with Gasteiger partial charge in [0.15, 0.2) is 5.82 Å². The molecule has 1 aromatic heterocycles. The lowest BCUT2D eigenvalue weighted by atomic mass is 10.1. The quantitative estimate of drug-likeness (QED) is 0.520. The topological polar surface area (TPSA) is 94.6 Å². The van der Waals surface area contributed by atoms with E-state index in [9.17, 15) is 26.4 Å². The number of fused-ring (bicyclic) bond motifs is 4. The van der Waals surface area contributed by atoms with Crippen molar-refractivity contribution in [3.05, 3.63) is 66.2 Å². The molecule has 1 atom stereocenters. The summed E-state index contributed by atoms with van der Waals surface area (Å²) in [7, 11) is -3.49.